The third-order valence-corrected chi connectivity index (χ3v) is 1.34. The van der Waals surface area contributed by atoms with Gasteiger partial charge in [-0.25, -0.2) is 0 Å². The summed E-state index contributed by atoms with van der Waals surface area (Å²) in [4.78, 5) is 0. The van der Waals surface area contributed by atoms with E-state index in [1.165, 1.54) is 19.4 Å². The van der Waals surface area contributed by atoms with Gasteiger partial charge in [0.2, 0.25) is 0 Å². The van der Waals surface area contributed by atoms with Crippen LogP contribution < -0.4 is 0 Å². The molecule has 0 radical (unpaired) electrons. The second-order valence-electron chi connectivity index (χ2n) is 2.57. The van der Waals surface area contributed by atoms with Gasteiger partial charge >= 0.3 is 28.7 Å². The van der Waals surface area contributed by atoms with E-state index in [-0.39, 0.29) is 0 Å². The molecule has 0 saturated carbocycles. The van der Waals surface area contributed by atoms with Gasteiger partial charge < -0.3 is 16.0 Å². The molecule has 3 nitrogen and oxygen atoms in total. The van der Waals surface area contributed by atoms with Crippen LogP contribution in [0.3, 0.4) is 0 Å². The van der Waals surface area contributed by atoms with E-state index in [1.807, 2.05) is 41.5 Å². The summed E-state index contributed by atoms with van der Waals surface area (Å²) in [5.41, 5.74) is 0. The Morgan fingerprint density at radius 2 is 0.647 bits per heavy atom. The molecule has 0 amide bonds. The fourth-order valence-electron chi connectivity index (χ4n) is 0.671. The normalized spacial score (nSPS) is 7.82. The van der Waals surface area contributed by atoms with E-state index in [4.69, 9.17) is 0 Å². The molecule has 0 aliphatic carbocycles. The van der Waals surface area contributed by atoms with Crippen LogP contribution in [0.4, 0.5) is 0 Å². The Labute approximate surface area is 125 Å². The van der Waals surface area contributed by atoms with Crippen LogP contribution in [0.2, 0.25) is 0 Å². The van der Waals surface area contributed by atoms with Crippen molar-refractivity contribution in [1.29, 1.82) is 0 Å². The van der Waals surface area contributed by atoms with E-state index in [1.54, 1.807) is 0 Å². The van der Waals surface area contributed by atoms with Gasteiger partial charge in [-0.1, -0.05) is 41.5 Å². The van der Waals surface area contributed by atoms with Gasteiger partial charge in [0.25, 0.3) is 0 Å². The molecule has 0 spiro atoms. The van der Waals surface area contributed by atoms with Crippen molar-refractivity contribution in [3.8, 4) is 0 Å². The van der Waals surface area contributed by atoms with Gasteiger partial charge in [-0.15, -0.1) is 0 Å². The van der Waals surface area contributed by atoms with Crippen LogP contribution in [0.5, 0.6) is 0 Å². The maximum absolute atomic E-state index is 4.64. The number of hydrogen-bond acceptors (Lipinski definition) is 0. The van der Waals surface area contributed by atoms with Crippen molar-refractivity contribution >= 4 is 9.30 Å². The van der Waals surface area contributed by atoms with E-state index in [2.05, 4.69) is 25.3 Å². The molecule has 0 aromatic heterocycles. The molecule has 104 valence electrons. The summed E-state index contributed by atoms with van der Waals surface area (Å²) in [5, 5.41) is 11.9. The van der Waals surface area contributed by atoms with Crippen LogP contribution in [0.15, 0.2) is 0 Å². The number of rotatable bonds is 6. The summed E-state index contributed by atoms with van der Waals surface area (Å²) in [6.07, 6.45) is 0. The van der Waals surface area contributed by atoms with E-state index in [9.17, 15) is 0 Å². The third kappa shape index (κ3) is 78.9. The van der Waals surface area contributed by atoms with Crippen molar-refractivity contribution in [2.45, 2.75) is 41.5 Å². The Bertz CT molecular complexity index is 58.5. The molecule has 5 heteroatoms. The molecule has 0 atom stereocenters. The second kappa shape index (κ2) is 43.6. The maximum atomic E-state index is 4.64. The summed E-state index contributed by atoms with van der Waals surface area (Å²) >= 11 is 1.47. The quantitative estimate of drug-likeness (QED) is 0.627. The molecule has 0 aliphatic heterocycles. The van der Waals surface area contributed by atoms with Crippen LogP contribution in [-0.4, -0.2) is 39.3 Å². The minimum atomic E-state index is 0.969. The summed E-state index contributed by atoms with van der Waals surface area (Å²) in [5.74, 6) is 0. The first-order chi connectivity index (χ1) is 8.24. The monoisotopic (exact) mass is 299 g/mol. The van der Waals surface area contributed by atoms with Gasteiger partial charge in [0.1, 0.15) is 0 Å². The molecule has 0 bridgehead atoms. The molecule has 0 saturated heterocycles. The molecular weight excluding hydrogens is 269 g/mol. The van der Waals surface area contributed by atoms with Crippen molar-refractivity contribution in [1.82, 2.24) is 0 Å². The predicted octanol–water partition coefficient (Wildman–Crippen LogP) is 4.89. The van der Waals surface area contributed by atoms with E-state index in [0.29, 0.717) is 0 Å². The average molecular weight is 300 g/mol. The Hall–Kier alpha value is 0.884. The molecule has 0 fully saturated rings. The van der Waals surface area contributed by atoms with Crippen molar-refractivity contribution in [2.24, 2.45) is 0 Å². The second-order valence-corrected chi connectivity index (χ2v) is 2.57. The number of halogens is 1. The standard InChI is InChI=1S/3C4H10N.ClH.Ti/c3*1-3-5-4-2;;/h3*3-4H2,1-2H3;1H;/q3*-1;;+4/p-1. The van der Waals surface area contributed by atoms with Crippen molar-refractivity contribution < 1.29 is 19.4 Å². The molecule has 0 aromatic rings. The van der Waals surface area contributed by atoms with Gasteiger partial charge in [-0.2, -0.15) is 39.3 Å². The molecule has 17 heavy (non-hydrogen) atoms. The van der Waals surface area contributed by atoms with Crippen molar-refractivity contribution in [3.63, 3.8) is 0 Å². The van der Waals surface area contributed by atoms with Crippen LogP contribution in [-0.2, 0) is 19.4 Å². The zero-order chi connectivity index (χ0) is 14.4. The molecule has 0 rings (SSSR count). The number of hydrogen-bond donors (Lipinski definition) is 0. The minimum absolute atomic E-state index is 0.969. The predicted molar refractivity (Wildman–Crippen MR) is 79.2 cm³/mol. The van der Waals surface area contributed by atoms with Gasteiger partial charge in [-0.3, -0.25) is 0 Å². The van der Waals surface area contributed by atoms with E-state index < -0.39 is 0 Å². The van der Waals surface area contributed by atoms with Crippen LogP contribution in [0.25, 0.3) is 16.0 Å². The number of nitrogens with zero attached hydrogens (tertiary/aromatic N) is 3. The molecular formula is C12H30ClN3Ti. The first-order valence-corrected chi connectivity index (χ1v) is 8.48. The SMILES string of the molecule is CC[N-]CC.CC[N-]CC.CC[N-]CC.[Cl][Ti+3]. The van der Waals surface area contributed by atoms with Crippen molar-refractivity contribution in [3.05, 3.63) is 16.0 Å². The Balaban J connectivity index is -0.0000000693. The summed E-state index contributed by atoms with van der Waals surface area (Å²) < 4.78 is 0. The van der Waals surface area contributed by atoms with Crippen LogP contribution >= 0.6 is 9.30 Å². The Kier molecular flexibility index (Phi) is 67.8. The van der Waals surface area contributed by atoms with Crippen LogP contribution in [0, 0.1) is 0 Å². The fraction of sp³-hybridized carbons (Fsp3) is 1.00. The van der Waals surface area contributed by atoms with Crippen molar-refractivity contribution in [2.75, 3.05) is 39.3 Å². The van der Waals surface area contributed by atoms with Gasteiger partial charge in [-0.05, 0) is 0 Å². The van der Waals surface area contributed by atoms with E-state index >= 15 is 0 Å². The van der Waals surface area contributed by atoms with E-state index in [0.717, 1.165) is 39.3 Å². The zero-order valence-electron chi connectivity index (χ0n) is 12.5. The molecule has 0 aromatic carbocycles. The first kappa shape index (κ1) is 26.4. The average Bonchev–Trinajstić information content (AvgIpc) is 2.36. The Morgan fingerprint density at radius 3 is 0.647 bits per heavy atom. The Morgan fingerprint density at radius 1 is 0.529 bits per heavy atom. The van der Waals surface area contributed by atoms with Crippen LogP contribution in [0.1, 0.15) is 41.5 Å². The molecule has 0 heterocycles. The molecule has 0 aliphatic rings. The van der Waals surface area contributed by atoms with Gasteiger partial charge in [0, 0.05) is 0 Å². The zero-order valence-corrected chi connectivity index (χ0v) is 14.8. The van der Waals surface area contributed by atoms with Gasteiger partial charge in [0.05, 0.1) is 0 Å². The molecule has 0 N–H and O–H groups in total. The summed E-state index contributed by atoms with van der Waals surface area (Å²) in [6.45, 7) is 18.1. The summed E-state index contributed by atoms with van der Waals surface area (Å²) in [7, 11) is 4.64. The summed E-state index contributed by atoms with van der Waals surface area (Å²) in [6, 6.07) is 0. The fourth-order valence-corrected chi connectivity index (χ4v) is 0.671. The third-order valence-electron chi connectivity index (χ3n) is 1.34. The topological polar surface area (TPSA) is 42.3 Å². The first-order valence-electron chi connectivity index (χ1n) is 6.33. The molecule has 0 unspecified atom stereocenters. The van der Waals surface area contributed by atoms with Gasteiger partial charge in [0.15, 0.2) is 0 Å².